The highest BCUT2D eigenvalue weighted by Crippen LogP contribution is 2.41. The molecule has 1 aromatic carbocycles. The van der Waals surface area contributed by atoms with Crippen LogP contribution in [0.3, 0.4) is 0 Å². The summed E-state index contributed by atoms with van der Waals surface area (Å²) in [5.74, 6) is -1.23. The topological polar surface area (TPSA) is 71.2 Å². The zero-order valence-electron chi connectivity index (χ0n) is 18.1. The predicted molar refractivity (Wildman–Crippen MR) is 112 cm³/mol. The number of halogens is 6. The Hall–Kier alpha value is -3.41. The quantitative estimate of drug-likeness (QED) is 0.532. The molecule has 186 valence electrons. The molecule has 6 nitrogen and oxygen atoms in total. The van der Waals surface area contributed by atoms with Crippen molar-refractivity contribution >= 4 is 5.91 Å². The number of likely N-dealkylation sites (tertiary alicyclic amines) is 1. The summed E-state index contributed by atoms with van der Waals surface area (Å²) in [5, 5.41) is 13.7. The van der Waals surface area contributed by atoms with Gasteiger partial charge < -0.3 is 10.0 Å². The number of alkyl halides is 6. The van der Waals surface area contributed by atoms with Crippen LogP contribution >= 0.6 is 0 Å². The molecular formula is C23H20F6N4O2. The fraction of sp³-hybridized carbons (Fsp3) is 0.348. The second-order valence-electron chi connectivity index (χ2n) is 8.36. The van der Waals surface area contributed by atoms with Crippen molar-refractivity contribution in [3.8, 4) is 11.3 Å². The number of carbonyl (C=O) groups is 1. The molecule has 1 N–H and O–H groups in total. The van der Waals surface area contributed by atoms with E-state index in [4.69, 9.17) is 0 Å². The monoisotopic (exact) mass is 498 g/mol. The fourth-order valence-corrected chi connectivity index (χ4v) is 4.22. The molecule has 12 heteroatoms. The fourth-order valence-electron chi connectivity index (χ4n) is 4.22. The Kier molecular flexibility index (Phi) is 6.34. The molecule has 0 aliphatic carbocycles. The first kappa shape index (κ1) is 24.7. The summed E-state index contributed by atoms with van der Waals surface area (Å²) in [6.45, 7) is -0.265. The lowest BCUT2D eigenvalue weighted by Crippen LogP contribution is -2.48. The number of piperidine rings is 1. The standard InChI is InChI=1S/C23H20F6N4O2/c24-22(25,26)19-17(18(16-6-10-30-11-7-16)33(31-19)23(27,28)29)20(34)32-12-8-21(35,9-13-32)14-15-4-2-1-3-5-15/h1-7,10-11,35H,8-9,12-14H2. The van der Waals surface area contributed by atoms with Crippen molar-refractivity contribution in [3.05, 3.63) is 71.7 Å². The number of benzene rings is 1. The molecule has 2 aromatic heterocycles. The number of nitrogens with zero attached hydrogens (tertiary/aromatic N) is 4. The summed E-state index contributed by atoms with van der Waals surface area (Å²) < 4.78 is 81.7. The van der Waals surface area contributed by atoms with Crippen LogP contribution in [0, 0.1) is 0 Å². The maximum Gasteiger partial charge on any atom is 0.505 e. The lowest BCUT2D eigenvalue weighted by atomic mass is 9.85. The van der Waals surface area contributed by atoms with Crippen LogP contribution in [0.5, 0.6) is 0 Å². The minimum atomic E-state index is -5.31. The van der Waals surface area contributed by atoms with Gasteiger partial charge in [-0.15, -0.1) is 13.2 Å². The molecule has 1 aliphatic rings. The van der Waals surface area contributed by atoms with E-state index in [-0.39, 0.29) is 37.9 Å². The third-order valence-electron chi connectivity index (χ3n) is 5.92. The van der Waals surface area contributed by atoms with Gasteiger partial charge in [-0.3, -0.25) is 9.78 Å². The van der Waals surface area contributed by atoms with Crippen LogP contribution in [-0.4, -0.2) is 49.4 Å². The van der Waals surface area contributed by atoms with E-state index in [2.05, 4.69) is 10.1 Å². The van der Waals surface area contributed by atoms with Crippen molar-refractivity contribution in [2.45, 2.75) is 37.3 Å². The highest BCUT2D eigenvalue weighted by molar-refractivity contribution is 6.01. The van der Waals surface area contributed by atoms with E-state index < -0.39 is 45.6 Å². The van der Waals surface area contributed by atoms with Crippen LogP contribution in [0.2, 0.25) is 0 Å². The Morgan fingerprint density at radius 3 is 2.11 bits per heavy atom. The van der Waals surface area contributed by atoms with Crippen molar-refractivity contribution in [2.24, 2.45) is 0 Å². The highest BCUT2D eigenvalue weighted by atomic mass is 19.4. The first-order chi connectivity index (χ1) is 16.4. The van der Waals surface area contributed by atoms with Gasteiger partial charge in [0.05, 0.1) is 16.9 Å². The summed E-state index contributed by atoms with van der Waals surface area (Å²) in [7, 11) is 0. The van der Waals surface area contributed by atoms with E-state index >= 15 is 0 Å². The summed E-state index contributed by atoms with van der Waals surface area (Å²) in [4.78, 5) is 18.0. The minimum Gasteiger partial charge on any atom is -0.389 e. The molecule has 3 heterocycles. The average molecular weight is 498 g/mol. The van der Waals surface area contributed by atoms with Gasteiger partial charge in [-0.2, -0.15) is 23.0 Å². The van der Waals surface area contributed by atoms with Crippen LogP contribution in [-0.2, 0) is 18.9 Å². The SMILES string of the molecule is O=C(c1c(C(F)(F)F)nn(C(F)(F)F)c1-c1ccncc1)N1CCC(O)(Cc2ccccc2)CC1. The zero-order valence-corrected chi connectivity index (χ0v) is 18.1. The number of carbonyl (C=O) groups excluding carboxylic acids is 1. The number of aromatic nitrogens is 3. The van der Waals surface area contributed by atoms with Gasteiger partial charge in [0, 0.05) is 37.5 Å². The maximum absolute atomic E-state index is 13.8. The Morgan fingerprint density at radius 2 is 1.57 bits per heavy atom. The van der Waals surface area contributed by atoms with Crippen LogP contribution in [0.25, 0.3) is 11.3 Å². The third-order valence-corrected chi connectivity index (χ3v) is 5.92. The summed E-state index contributed by atoms with van der Waals surface area (Å²) in [6.07, 6.45) is -8.04. The largest absolute Gasteiger partial charge is 0.505 e. The molecule has 1 aliphatic heterocycles. The van der Waals surface area contributed by atoms with E-state index in [1.54, 1.807) is 12.1 Å². The van der Waals surface area contributed by atoms with Crippen LogP contribution < -0.4 is 0 Å². The Balaban J connectivity index is 1.70. The molecule has 1 fully saturated rings. The van der Waals surface area contributed by atoms with Crippen LogP contribution in [0.4, 0.5) is 26.3 Å². The van der Waals surface area contributed by atoms with E-state index in [1.807, 2.05) is 18.2 Å². The molecule has 0 unspecified atom stereocenters. The second kappa shape index (κ2) is 8.99. The number of aliphatic hydroxyl groups is 1. The minimum absolute atomic E-state index is 0.0486. The average Bonchev–Trinajstić information content (AvgIpc) is 3.22. The number of pyridine rings is 1. The molecule has 0 saturated carbocycles. The highest BCUT2D eigenvalue weighted by Gasteiger charge is 2.48. The maximum atomic E-state index is 13.8. The Morgan fingerprint density at radius 1 is 0.971 bits per heavy atom. The first-order valence-electron chi connectivity index (χ1n) is 10.6. The van der Waals surface area contributed by atoms with Gasteiger partial charge in [-0.25, -0.2) is 0 Å². The predicted octanol–water partition coefficient (Wildman–Crippen LogP) is 4.65. The molecule has 0 bridgehead atoms. The van der Waals surface area contributed by atoms with Crippen molar-refractivity contribution < 1.29 is 36.2 Å². The second-order valence-corrected chi connectivity index (χ2v) is 8.36. The van der Waals surface area contributed by atoms with Gasteiger partial charge in [0.2, 0.25) is 0 Å². The number of amides is 1. The van der Waals surface area contributed by atoms with Gasteiger partial charge in [0.25, 0.3) is 5.91 Å². The third kappa shape index (κ3) is 5.16. The van der Waals surface area contributed by atoms with Crippen molar-refractivity contribution in [1.29, 1.82) is 0 Å². The van der Waals surface area contributed by atoms with E-state index in [9.17, 15) is 36.2 Å². The van der Waals surface area contributed by atoms with Gasteiger partial charge in [0.1, 0.15) is 0 Å². The van der Waals surface area contributed by atoms with Gasteiger partial charge in [-0.05, 0) is 30.5 Å². The number of rotatable bonds is 4. The molecule has 3 aromatic rings. The van der Waals surface area contributed by atoms with E-state index in [0.717, 1.165) is 35.0 Å². The molecule has 0 spiro atoms. The normalized spacial score (nSPS) is 16.4. The van der Waals surface area contributed by atoms with E-state index in [0.29, 0.717) is 0 Å². The van der Waals surface area contributed by atoms with Gasteiger partial charge in [-0.1, -0.05) is 30.3 Å². The molecule has 35 heavy (non-hydrogen) atoms. The Labute approximate surface area is 195 Å². The number of hydrogen-bond donors (Lipinski definition) is 1. The van der Waals surface area contributed by atoms with Crippen molar-refractivity contribution in [2.75, 3.05) is 13.1 Å². The smallest absolute Gasteiger partial charge is 0.389 e. The van der Waals surface area contributed by atoms with Crippen LogP contribution in [0.1, 0.15) is 34.5 Å². The molecular weight excluding hydrogens is 478 g/mol. The molecule has 0 atom stereocenters. The van der Waals surface area contributed by atoms with Crippen molar-refractivity contribution in [3.63, 3.8) is 0 Å². The molecule has 0 radical (unpaired) electrons. The lowest BCUT2D eigenvalue weighted by Gasteiger charge is -2.38. The van der Waals surface area contributed by atoms with Gasteiger partial charge in [0.15, 0.2) is 5.69 Å². The summed E-state index contributed by atoms with van der Waals surface area (Å²) >= 11 is 0. The first-order valence-corrected chi connectivity index (χ1v) is 10.6. The van der Waals surface area contributed by atoms with Gasteiger partial charge >= 0.3 is 12.5 Å². The summed E-state index contributed by atoms with van der Waals surface area (Å²) in [6, 6.07) is 11.2. The number of hydrogen-bond acceptors (Lipinski definition) is 4. The Bertz CT molecular complexity index is 1180. The zero-order chi connectivity index (χ0) is 25.4. The summed E-state index contributed by atoms with van der Waals surface area (Å²) in [5.41, 5.74) is -4.76. The molecule has 1 saturated heterocycles. The lowest BCUT2D eigenvalue weighted by molar-refractivity contribution is -0.212. The molecule has 1 amide bonds. The van der Waals surface area contributed by atoms with Crippen LogP contribution in [0.15, 0.2) is 54.9 Å². The van der Waals surface area contributed by atoms with E-state index in [1.165, 1.54) is 0 Å². The van der Waals surface area contributed by atoms with Crippen molar-refractivity contribution in [1.82, 2.24) is 19.7 Å². The molecule has 4 rings (SSSR count).